The van der Waals surface area contributed by atoms with E-state index in [0.29, 0.717) is 30.5 Å². The number of benzene rings is 1. The van der Waals surface area contributed by atoms with Gasteiger partial charge in [-0.15, -0.1) is 0 Å². The van der Waals surface area contributed by atoms with E-state index < -0.39 is 32.3 Å². The molecule has 0 radical (unpaired) electrons. The van der Waals surface area contributed by atoms with Crippen molar-refractivity contribution < 1.29 is 37.5 Å². The molecule has 15 heteroatoms. The van der Waals surface area contributed by atoms with Gasteiger partial charge in [-0.2, -0.15) is 8.42 Å². The molecule has 6 rings (SSSR count). The minimum absolute atomic E-state index is 0.0378. The maximum atomic E-state index is 12.5. The Morgan fingerprint density at radius 2 is 1.87 bits per heavy atom. The van der Waals surface area contributed by atoms with E-state index >= 15 is 0 Å². The van der Waals surface area contributed by atoms with Gasteiger partial charge >= 0.3 is 5.69 Å². The number of nitrogens with one attached hydrogen (secondary N) is 2. The van der Waals surface area contributed by atoms with Gasteiger partial charge in [-0.05, 0) is 114 Å². The number of fused-ring (bicyclic) bond motifs is 6. The number of aliphatic hydroxyl groups is 2. The van der Waals surface area contributed by atoms with Crippen molar-refractivity contribution in [3.8, 4) is 0 Å². The quantitative estimate of drug-likeness (QED) is 0.137. The molecule has 0 spiro atoms. The third-order valence-electron chi connectivity index (χ3n) is 13.0. The van der Waals surface area contributed by atoms with E-state index in [0.717, 1.165) is 32.1 Å². The highest BCUT2D eigenvalue weighted by molar-refractivity contribution is 7.85. The van der Waals surface area contributed by atoms with Crippen LogP contribution in [0.3, 0.4) is 0 Å². The molecule has 47 heavy (non-hydrogen) atoms. The molecule has 14 nitrogen and oxygen atoms in total. The number of carbonyl (C=O) groups excluding carboxylic acids is 1. The lowest BCUT2D eigenvalue weighted by Gasteiger charge is -2.64. The summed E-state index contributed by atoms with van der Waals surface area (Å²) in [5.74, 6) is 0.298. The number of carbonyl (C=O) groups is 1. The molecule has 1 aromatic heterocycles. The SMILES string of the molecule is CC(CCC(=O)NCCS(=O)(=O)O)C1CCC2C3C(Nc4ccc([N+](=O)[O-])c5nonc45)CC4CC(O)CCC4(C)C3CC(O)C12C. The van der Waals surface area contributed by atoms with Crippen LogP contribution in [-0.2, 0) is 14.9 Å². The molecule has 0 bridgehead atoms. The fourth-order valence-corrected chi connectivity index (χ4v) is 11.0. The van der Waals surface area contributed by atoms with Crippen molar-refractivity contribution in [2.45, 2.75) is 96.8 Å². The van der Waals surface area contributed by atoms with Gasteiger partial charge in [0.2, 0.25) is 11.4 Å². The minimum Gasteiger partial charge on any atom is -0.393 e. The van der Waals surface area contributed by atoms with Crippen LogP contribution in [0.15, 0.2) is 16.8 Å². The Balaban J connectivity index is 1.27. The van der Waals surface area contributed by atoms with Gasteiger partial charge in [0.15, 0.2) is 5.52 Å². The zero-order valence-corrected chi connectivity index (χ0v) is 28.0. The number of hydrogen-bond donors (Lipinski definition) is 5. The molecular formula is C32H47N5O9S. The van der Waals surface area contributed by atoms with Crippen molar-refractivity contribution >= 4 is 38.4 Å². The molecule has 11 atom stereocenters. The van der Waals surface area contributed by atoms with E-state index in [1.54, 1.807) is 6.07 Å². The van der Waals surface area contributed by atoms with Crippen LogP contribution in [0.25, 0.3) is 11.0 Å². The lowest BCUT2D eigenvalue weighted by molar-refractivity contribution is -0.383. The van der Waals surface area contributed by atoms with E-state index in [9.17, 15) is 33.5 Å². The van der Waals surface area contributed by atoms with Crippen LogP contribution < -0.4 is 10.6 Å². The predicted molar refractivity (Wildman–Crippen MR) is 172 cm³/mol. The summed E-state index contributed by atoms with van der Waals surface area (Å²) in [6.45, 7) is 6.53. The van der Waals surface area contributed by atoms with E-state index in [1.165, 1.54) is 6.07 Å². The third kappa shape index (κ3) is 6.12. The average Bonchev–Trinajstić information content (AvgIpc) is 3.63. The van der Waals surface area contributed by atoms with Crippen molar-refractivity contribution in [3.63, 3.8) is 0 Å². The molecule has 0 aliphatic heterocycles. The van der Waals surface area contributed by atoms with Crippen LogP contribution in [0, 0.1) is 56.5 Å². The molecule has 1 heterocycles. The Labute approximate surface area is 274 Å². The van der Waals surface area contributed by atoms with Crippen LogP contribution in [0.2, 0.25) is 0 Å². The Bertz CT molecular complexity index is 1620. The van der Waals surface area contributed by atoms with Crippen molar-refractivity contribution in [1.82, 2.24) is 15.6 Å². The highest BCUT2D eigenvalue weighted by atomic mass is 32.2. The largest absolute Gasteiger partial charge is 0.393 e. The zero-order chi connectivity index (χ0) is 33.9. The molecule has 4 saturated carbocycles. The standard InChI is InChI=1S/C32H47N5O9S/c1-17(4-9-27(40)33-12-13-47(43,44)45)20-5-6-21-28-22(16-26(39)32(20,21)3)31(2)11-10-19(38)14-18(31)15-24(28)34-23-7-8-25(37(41)42)30-29(23)35-46-36-30/h7-8,17-22,24,26,28,34,38-39H,4-6,9-16H2,1-3H3,(H,33,40)(H,43,44,45). The normalized spacial score (nSPS) is 37.4. The monoisotopic (exact) mass is 677 g/mol. The Hall–Kier alpha value is -2.88. The van der Waals surface area contributed by atoms with Gasteiger partial charge < -0.3 is 20.8 Å². The minimum atomic E-state index is -4.15. The fraction of sp³-hybridized carbons (Fsp3) is 0.781. The van der Waals surface area contributed by atoms with Crippen molar-refractivity contribution in [3.05, 3.63) is 22.2 Å². The van der Waals surface area contributed by atoms with E-state index in [4.69, 9.17) is 9.18 Å². The van der Waals surface area contributed by atoms with Crippen LogP contribution in [-0.4, -0.2) is 74.9 Å². The first kappa shape index (κ1) is 34.0. The summed E-state index contributed by atoms with van der Waals surface area (Å²) in [6.07, 6.45) is 5.52. The summed E-state index contributed by atoms with van der Waals surface area (Å²) in [6, 6.07) is 3.05. The number of amides is 1. The summed E-state index contributed by atoms with van der Waals surface area (Å²) >= 11 is 0. The van der Waals surface area contributed by atoms with Crippen molar-refractivity contribution in [2.24, 2.45) is 46.3 Å². The zero-order valence-electron chi connectivity index (χ0n) is 27.2. The number of non-ortho nitro benzene ring substituents is 1. The van der Waals surface area contributed by atoms with Crippen LogP contribution in [0.4, 0.5) is 11.4 Å². The first-order valence-corrected chi connectivity index (χ1v) is 18.5. The van der Waals surface area contributed by atoms with Gasteiger partial charge in [0.1, 0.15) is 0 Å². The van der Waals surface area contributed by atoms with Gasteiger partial charge in [-0.3, -0.25) is 19.5 Å². The Kier molecular flexibility index (Phi) is 9.07. The molecule has 2 aromatic rings. The molecule has 4 aliphatic carbocycles. The predicted octanol–water partition coefficient (Wildman–Crippen LogP) is 3.93. The highest BCUT2D eigenvalue weighted by Crippen LogP contribution is 2.68. The number of nitro benzene ring substituents is 1. The van der Waals surface area contributed by atoms with Crippen LogP contribution in [0.1, 0.15) is 78.6 Å². The summed E-state index contributed by atoms with van der Waals surface area (Å²) in [4.78, 5) is 23.6. The second-order valence-electron chi connectivity index (χ2n) is 15.2. The number of nitro groups is 1. The lowest BCUT2D eigenvalue weighted by Crippen LogP contribution is -2.63. The first-order chi connectivity index (χ1) is 22.1. The smallest absolute Gasteiger partial charge is 0.300 e. The second kappa shape index (κ2) is 12.5. The average molecular weight is 678 g/mol. The molecule has 1 aromatic carbocycles. The summed E-state index contributed by atoms with van der Waals surface area (Å²) in [5, 5.41) is 48.6. The van der Waals surface area contributed by atoms with Gasteiger partial charge in [-0.25, -0.2) is 4.63 Å². The number of anilines is 1. The van der Waals surface area contributed by atoms with Gasteiger partial charge in [0.05, 0.1) is 28.6 Å². The molecule has 1 amide bonds. The van der Waals surface area contributed by atoms with Gasteiger partial charge in [0.25, 0.3) is 10.1 Å². The maximum absolute atomic E-state index is 12.5. The van der Waals surface area contributed by atoms with E-state index in [-0.39, 0.29) is 83.1 Å². The van der Waals surface area contributed by atoms with Crippen LogP contribution in [0.5, 0.6) is 0 Å². The molecule has 260 valence electrons. The third-order valence-corrected chi connectivity index (χ3v) is 13.7. The van der Waals surface area contributed by atoms with Gasteiger partial charge in [-0.1, -0.05) is 20.8 Å². The lowest BCUT2D eigenvalue weighted by atomic mass is 9.42. The van der Waals surface area contributed by atoms with Crippen molar-refractivity contribution in [2.75, 3.05) is 17.6 Å². The van der Waals surface area contributed by atoms with Crippen molar-refractivity contribution in [1.29, 1.82) is 0 Å². The summed E-state index contributed by atoms with van der Waals surface area (Å²) < 4.78 is 35.9. The first-order valence-electron chi connectivity index (χ1n) is 16.9. The number of rotatable bonds is 10. The maximum Gasteiger partial charge on any atom is 0.300 e. The molecule has 4 fully saturated rings. The molecule has 4 aliphatic rings. The molecular weight excluding hydrogens is 630 g/mol. The van der Waals surface area contributed by atoms with Crippen LogP contribution >= 0.6 is 0 Å². The summed E-state index contributed by atoms with van der Waals surface area (Å²) in [7, 11) is -4.15. The summed E-state index contributed by atoms with van der Waals surface area (Å²) in [5.41, 5.74) is 0.384. The topological polar surface area (TPSA) is 218 Å². The van der Waals surface area contributed by atoms with E-state index in [1.807, 2.05) is 0 Å². The number of aliphatic hydroxyl groups excluding tert-OH is 2. The Morgan fingerprint density at radius 3 is 2.60 bits per heavy atom. The second-order valence-corrected chi connectivity index (χ2v) is 16.8. The Morgan fingerprint density at radius 1 is 1.13 bits per heavy atom. The number of aromatic nitrogens is 2. The molecule has 5 N–H and O–H groups in total. The van der Waals surface area contributed by atoms with Gasteiger partial charge in [0, 0.05) is 25.1 Å². The molecule has 11 unspecified atom stereocenters. The van der Waals surface area contributed by atoms with E-state index in [2.05, 4.69) is 41.7 Å². The number of nitrogens with zero attached hydrogens (tertiary/aromatic N) is 3. The molecule has 0 saturated heterocycles. The highest BCUT2D eigenvalue weighted by Gasteiger charge is 2.65. The fourth-order valence-electron chi connectivity index (χ4n) is 10.6. The number of hydrogen-bond acceptors (Lipinski definition) is 11.